The van der Waals surface area contributed by atoms with Crippen molar-refractivity contribution in [3.63, 3.8) is 0 Å². The predicted octanol–water partition coefficient (Wildman–Crippen LogP) is 4.01. The molecule has 0 aliphatic heterocycles. The van der Waals surface area contributed by atoms with Gasteiger partial charge in [-0.15, -0.1) is 11.3 Å². The number of nitro benzene ring substituents is 1. The summed E-state index contributed by atoms with van der Waals surface area (Å²) in [6, 6.07) is 9.73. The molecule has 0 spiro atoms. The van der Waals surface area contributed by atoms with Crippen molar-refractivity contribution in [2.75, 3.05) is 11.9 Å². The molecule has 1 heterocycles. The number of anilines is 1. The largest absolute Gasteiger partial charge is 0.508 e. The van der Waals surface area contributed by atoms with Crippen molar-refractivity contribution in [1.29, 1.82) is 0 Å². The average Bonchev–Trinajstić information content (AvgIpc) is 3.12. The van der Waals surface area contributed by atoms with Crippen LogP contribution in [0.1, 0.15) is 16.1 Å². The van der Waals surface area contributed by atoms with Crippen LogP contribution in [0.2, 0.25) is 0 Å². The first-order valence-electron chi connectivity index (χ1n) is 8.46. The molecule has 11 heteroatoms. The second kappa shape index (κ2) is 9.37. The second-order valence-corrected chi connectivity index (χ2v) is 8.11. The minimum atomic E-state index is -0.861. The van der Waals surface area contributed by atoms with Crippen molar-refractivity contribution >= 4 is 46.3 Å². The van der Waals surface area contributed by atoms with Crippen LogP contribution in [0.3, 0.4) is 0 Å². The van der Waals surface area contributed by atoms with Gasteiger partial charge < -0.3 is 15.2 Å². The summed E-state index contributed by atoms with van der Waals surface area (Å²) in [7, 11) is 0. The number of aryl methyl sites for hydroxylation is 1. The van der Waals surface area contributed by atoms with Crippen LogP contribution in [0.15, 0.2) is 57.1 Å². The lowest BCUT2D eigenvalue weighted by molar-refractivity contribution is -0.387. The summed E-state index contributed by atoms with van der Waals surface area (Å²) in [6.45, 7) is 1.26. The normalized spacial score (nSPS) is 10.4. The molecule has 0 saturated carbocycles. The number of carbonyl (C=O) groups excluding carboxylic acids is 2. The third-order valence-electron chi connectivity index (χ3n) is 3.67. The lowest BCUT2D eigenvalue weighted by atomic mass is 10.2. The number of hydrogen-bond acceptors (Lipinski definition) is 9. The molecule has 0 radical (unpaired) electrons. The first-order valence-corrected chi connectivity index (χ1v) is 10.2. The maximum Gasteiger partial charge on any atom is 0.338 e. The lowest BCUT2D eigenvalue weighted by Gasteiger charge is -2.07. The van der Waals surface area contributed by atoms with Gasteiger partial charge >= 0.3 is 5.97 Å². The molecule has 0 bridgehead atoms. The van der Waals surface area contributed by atoms with E-state index in [-0.39, 0.29) is 17.0 Å². The molecule has 0 aliphatic rings. The highest BCUT2D eigenvalue weighted by Crippen LogP contribution is 2.36. The zero-order valence-corrected chi connectivity index (χ0v) is 17.2. The van der Waals surface area contributed by atoms with Gasteiger partial charge in [-0.05, 0) is 43.3 Å². The zero-order valence-electron chi connectivity index (χ0n) is 15.5. The minimum absolute atomic E-state index is 0.0428. The van der Waals surface area contributed by atoms with Crippen molar-refractivity contribution in [2.45, 2.75) is 16.2 Å². The molecule has 2 N–H and O–H groups in total. The Morgan fingerprint density at radius 3 is 2.63 bits per heavy atom. The van der Waals surface area contributed by atoms with Crippen LogP contribution < -0.4 is 5.32 Å². The van der Waals surface area contributed by atoms with E-state index in [1.54, 1.807) is 0 Å². The van der Waals surface area contributed by atoms with Crippen molar-refractivity contribution < 1.29 is 24.4 Å². The van der Waals surface area contributed by atoms with E-state index < -0.39 is 23.4 Å². The molecule has 30 heavy (non-hydrogen) atoms. The van der Waals surface area contributed by atoms with Crippen LogP contribution in [0, 0.1) is 17.0 Å². The Morgan fingerprint density at radius 2 is 2.00 bits per heavy atom. The van der Waals surface area contributed by atoms with E-state index in [0.717, 1.165) is 23.5 Å². The van der Waals surface area contributed by atoms with E-state index in [1.807, 2.05) is 12.3 Å². The number of carbonyl (C=O) groups is 2. The molecule has 2 aromatic carbocycles. The summed E-state index contributed by atoms with van der Waals surface area (Å²) in [5.74, 6) is -1.40. The Bertz CT molecular complexity index is 1100. The number of nitro groups is 1. The number of phenolic OH excluding ortho intramolecular Hbond substituents is 1. The van der Waals surface area contributed by atoms with Gasteiger partial charge in [-0.25, -0.2) is 9.78 Å². The van der Waals surface area contributed by atoms with E-state index in [9.17, 15) is 24.8 Å². The van der Waals surface area contributed by atoms with Gasteiger partial charge in [-0.1, -0.05) is 11.8 Å². The molecule has 1 amide bonds. The van der Waals surface area contributed by atoms with Crippen LogP contribution in [-0.4, -0.2) is 33.5 Å². The van der Waals surface area contributed by atoms with E-state index in [4.69, 9.17) is 4.74 Å². The van der Waals surface area contributed by atoms with E-state index >= 15 is 0 Å². The van der Waals surface area contributed by atoms with Crippen molar-refractivity contribution in [3.8, 4) is 5.75 Å². The number of ether oxygens (including phenoxy) is 1. The predicted molar refractivity (Wildman–Crippen MR) is 111 cm³/mol. The van der Waals surface area contributed by atoms with Gasteiger partial charge in [0, 0.05) is 22.8 Å². The third kappa shape index (κ3) is 5.55. The molecule has 0 saturated heterocycles. The molecule has 0 fully saturated rings. The molecule has 154 valence electrons. The molecule has 1 aromatic heterocycles. The standard InChI is InChI=1S/C19H15N3O6S2/c1-11-10-29-19(20-11)30-16-7-2-12(8-15(16)22(26)27)18(25)28-9-17(24)21-13-3-5-14(23)6-4-13/h2-8,10,23H,9H2,1H3,(H,21,24). The monoisotopic (exact) mass is 445 g/mol. The van der Waals surface area contributed by atoms with Crippen LogP contribution in [0.5, 0.6) is 5.75 Å². The smallest absolute Gasteiger partial charge is 0.338 e. The highest BCUT2D eigenvalue weighted by atomic mass is 32.2. The number of rotatable bonds is 7. The van der Waals surface area contributed by atoms with Crippen LogP contribution in [0.4, 0.5) is 11.4 Å². The number of phenols is 1. The fourth-order valence-electron chi connectivity index (χ4n) is 2.30. The molecule has 3 aromatic rings. The van der Waals surface area contributed by atoms with Gasteiger partial charge in [0.2, 0.25) is 0 Å². The third-order valence-corrected chi connectivity index (χ3v) is 5.79. The average molecular weight is 445 g/mol. The lowest BCUT2D eigenvalue weighted by Crippen LogP contribution is -2.20. The van der Waals surface area contributed by atoms with Crippen LogP contribution in [-0.2, 0) is 9.53 Å². The zero-order chi connectivity index (χ0) is 21.7. The first kappa shape index (κ1) is 21.3. The Hall–Kier alpha value is -3.44. The van der Waals surface area contributed by atoms with Gasteiger partial charge in [0.25, 0.3) is 11.6 Å². The minimum Gasteiger partial charge on any atom is -0.508 e. The maximum absolute atomic E-state index is 12.2. The molecule has 0 unspecified atom stereocenters. The first-order chi connectivity index (χ1) is 14.3. The molecule has 9 nitrogen and oxygen atoms in total. The van der Waals surface area contributed by atoms with E-state index in [1.165, 1.54) is 47.7 Å². The highest BCUT2D eigenvalue weighted by Gasteiger charge is 2.20. The Balaban J connectivity index is 1.65. The van der Waals surface area contributed by atoms with Crippen LogP contribution >= 0.6 is 23.1 Å². The summed E-state index contributed by atoms with van der Waals surface area (Å²) in [5, 5.41) is 25.0. The summed E-state index contributed by atoms with van der Waals surface area (Å²) in [5.41, 5.74) is 0.939. The van der Waals surface area contributed by atoms with Crippen molar-refractivity contribution in [1.82, 2.24) is 4.98 Å². The quantitative estimate of drug-likeness (QED) is 0.241. The van der Waals surface area contributed by atoms with Gasteiger partial charge in [-0.3, -0.25) is 14.9 Å². The molecular weight excluding hydrogens is 430 g/mol. The van der Waals surface area contributed by atoms with E-state index in [2.05, 4.69) is 10.3 Å². The molecule has 0 aliphatic carbocycles. The van der Waals surface area contributed by atoms with Gasteiger partial charge in [0.1, 0.15) is 5.75 Å². The second-order valence-electron chi connectivity index (χ2n) is 5.97. The molecule has 3 rings (SSSR count). The number of benzene rings is 2. The summed E-state index contributed by atoms with van der Waals surface area (Å²) < 4.78 is 5.59. The SMILES string of the molecule is Cc1csc(Sc2ccc(C(=O)OCC(=O)Nc3ccc(O)cc3)cc2[N+](=O)[O-])n1. The Labute approximate surface area is 178 Å². The van der Waals surface area contributed by atoms with Gasteiger partial charge in [0.15, 0.2) is 10.9 Å². The number of nitrogens with one attached hydrogen (secondary N) is 1. The molecule has 0 atom stereocenters. The molecular formula is C19H15N3O6S2. The van der Waals surface area contributed by atoms with Gasteiger partial charge in [0.05, 0.1) is 15.4 Å². The highest BCUT2D eigenvalue weighted by molar-refractivity contribution is 8.01. The number of amides is 1. The number of esters is 1. The number of hydrogen-bond donors (Lipinski definition) is 2. The number of thiazole rings is 1. The number of aromatic hydroxyl groups is 1. The number of aromatic nitrogens is 1. The summed E-state index contributed by atoms with van der Waals surface area (Å²) in [6.07, 6.45) is 0. The maximum atomic E-state index is 12.2. The van der Waals surface area contributed by atoms with E-state index in [0.29, 0.717) is 14.9 Å². The summed E-state index contributed by atoms with van der Waals surface area (Å²) >= 11 is 2.50. The van der Waals surface area contributed by atoms with Crippen molar-refractivity contribution in [2.24, 2.45) is 0 Å². The van der Waals surface area contributed by atoms with Crippen LogP contribution in [0.25, 0.3) is 0 Å². The fourth-order valence-corrected chi connectivity index (χ4v) is 4.18. The summed E-state index contributed by atoms with van der Waals surface area (Å²) in [4.78, 5) is 39.6. The topological polar surface area (TPSA) is 132 Å². The van der Waals surface area contributed by atoms with Crippen molar-refractivity contribution in [3.05, 3.63) is 69.2 Å². The Kier molecular flexibility index (Phi) is 6.65. The van der Waals surface area contributed by atoms with Gasteiger partial charge in [-0.2, -0.15) is 0 Å². The fraction of sp³-hybridized carbons (Fsp3) is 0.105. The Morgan fingerprint density at radius 1 is 1.27 bits per heavy atom. The number of nitrogens with zero attached hydrogens (tertiary/aromatic N) is 2.